The van der Waals surface area contributed by atoms with Crippen LogP contribution in [0.15, 0.2) is 12.1 Å². The summed E-state index contributed by atoms with van der Waals surface area (Å²) in [6.07, 6.45) is 2.36. The van der Waals surface area contributed by atoms with E-state index in [1.54, 1.807) is 7.11 Å². The average Bonchev–Trinajstić information content (AvgIpc) is 2.40. The summed E-state index contributed by atoms with van der Waals surface area (Å²) in [6.45, 7) is 3.82. The van der Waals surface area contributed by atoms with Crippen molar-refractivity contribution < 1.29 is 4.74 Å². The van der Waals surface area contributed by atoms with Crippen LogP contribution in [0.25, 0.3) is 0 Å². The minimum atomic E-state index is 0.237. The Morgan fingerprint density at radius 3 is 2.89 bits per heavy atom. The Morgan fingerprint density at radius 2 is 2.28 bits per heavy atom. The minimum absolute atomic E-state index is 0.237. The molecule has 1 fully saturated rings. The van der Waals surface area contributed by atoms with Gasteiger partial charge in [0.15, 0.2) is 5.82 Å². The predicted molar refractivity (Wildman–Crippen MR) is 73.2 cm³/mol. The Bertz CT molecular complexity index is 371. The molecule has 0 bridgehead atoms. The van der Waals surface area contributed by atoms with Crippen molar-refractivity contribution in [1.29, 1.82) is 0 Å². The van der Waals surface area contributed by atoms with E-state index in [2.05, 4.69) is 15.1 Å². The highest BCUT2D eigenvalue weighted by molar-refractivity contribution is 6.17. The van der Waals surface area contributed by atoms with Crippen molar-refractivity contribution in [2.45, 2.75) is 25.9 Å². The number of aromatic nitrogens is 2. The third kappa shape index (κ3) is 3.12. The van der Waals surface area contributed by atoms with Gasteiger partial charge in [0, 0.05) is 26.1 Å². The van der Waals surface area contributed by atoms with Crippen molar-refractivity contribution in [2.75, 3.05) is 31.0 Å². The number of rotatable bonds is 4. The van der Waals surface area contributed by atoms with Gasteiger partial charge >= 0.3 is 0 Å². The van der Waals surface area contributed by atoms with Crippen LogP contribution < -0.4 is 4.90 Å². The number of hydrogen-bond donors (Lipinski definition) is 0. The summed E-state index contributed by atoms with van der Waals surface area (Å²) in [6, 6.07) is 4.02. The molecule has 0 N–H and O–H groups in total. The summed E-state index contributed by atoms with van der Waals surface area (Å²) in [5.74, 6) is 2.20. The first-order chi connectivity index (χ1) is 8.74. The second-order valence-corrected chi connectivity index (χ2v) is 5.16. The molecule has 0 aromatic carbocycles. The smallest absolute Gasteiger partial charge is 0.151 e. The molecule has 2 heterocycles. The second-order valence-electron chi connectivity index (χ2n) is 4.78. The molecule has 2 unspecified atom stereocenters. The summed E-state index contributed by atoms with van der Waals surface area (Å²) < 4.78 is 5.58. The molecule has 2 rings (SSSR count). The van der Waals surface area contributed by atoms with Gasteiger partial charge < -0.3 is 9.64 Å². The van der Waals surface area contributed by atoms with Crippen LogP contribution in [0.5, 0.6) is 0 Å². The highest BCUT2D eigenvalue weighted by Gasteiger charge is 2.29. The molecule has 1 aromatic heterocycles. The van der Waals surface area contributed by atoms with Crippen LogP contribution in [0.2, 0.25) is 0 Å². The van der Waals surface area contributed by atoms with Gasteiger partial charge in [0.1, 0.15) is 0 Å². The lowest BCUT2D eigenvalue weighted by Gasteiger charge is -2.38. The fourth-order valence-corrected chi connectivity index (χ4v) is 2.75. The summed E-state index contributed by atoms with van der Waals surface area (Å²) in [5.41, 5.74) is 0.944. The maximum absolute atomic E-state index is 5.84. The van der Waals surface area contributed by atoms with E-state index in [1.165, 1.54) is 0 Å². The Morgan fingerprint density at radius 1 is 1.44 bits per heavy atom. The number of piperidine rings is 1. The molecule has 0 aliphatic carbocycles. The van der Waals surface area contributed by atoms with Crippen LogP contribution in [0.1, 0.15) is 18.5 Å². The first-order valence-electron chi connectivity index (χ1n) is 6.38. The lowest BCUT2D eigenvalue weighted by molar-refractivity contribution is 0.0411. The van der Waals surface area contributed by atoms with Gasteiger partial charge in [0.25, 0.3) is 0 Å². The Balaban J connectivity index is 2.02. The molecule has 0 amide bonds. The second kappa shape index (κ2) is 6.34. The van der Waals surface area contributed by atoms with Crippen LogP contribution >= 0.6 is 11.6 Å². The van der Waals surface area contributed by atoms with Gasteiger partial charge in [-0.25, -0.2) is 0 Å². The molecule has 0 saturated carbocycles. The van der Waals surface area contributed by atoms with E-state index >= 15 is 0 Å². The summed E-state index contributed by atoms with van der Waals surface area (Å²) >= 11 is 5.84. The Labute approximate surface area is 113 Å². The number of methoxy groups -OCH3 is 1. The summed E-state index contributed by atoms with van der Waals surface area (Å²) in [5, 5.41) is 8.34. The fraction of sp³-hybridized carbons (Fsp3) is 0.692. The lowest BCUT2D eigenvalue weighted by atomic mass is 9.91. The Kier molecular flexibility index (Phi) is 4.78. The van der Waals surface area contributed by atoms with Crippen molar-refractivity contribution in [1.82, 2.24) is 10.2 Å². The monoisotopic (exact) mass is 269 g/mol. The number of nitrogens with zero attached hydrogens (tertiary/aromatic N) is 3. The molecule has 5 heteroatoms. The number of alkyl halides is 1. The third-order valence-corrected chi connectivity index (χ3v) is 3.80. The normalized spacial score (nSPS) is 24.3. The van der Waals surface area contributed by atoms with Crippen molar-refractivity contribution >= 4 is 17.4 Å². The third-order valence-electron chi connectivity index (χ3n) is 3.59. The van der Waals surface area contributed by atoms with Gasteiger partial charge in [-0.1, -0.05) is 0 Å². The highest BCUT2D eigenvalue weighted by atomic mass is 35.5. The minimum Gasteiger partial charge on any atom is -0.379 e. The lowest BCUT2D eigenvalue weighted by Crippen LogP contribution is -2.45. The zero-order valence-corrected chi connectivity index (χ0v) is 11.7. The molecule has 1 aromatic rings. The summed E-state index contributed by atoms with van der Waals surface area (Å²) in [7, 11) is 1.77. The van der Waals surface area contributed by atoms with Gasteiger partial charge in [-0.2, -0.15) is 5.10 Å². The number of ether oxygens (including phenoxy) is 1. The molecule has 1 aliphatic rings. The zero-order chi connectivity index (χ0) is 13.0. The molecular formula is C13H20ClN3O. The SMILES string of the molecule is COC1CN(c2ccc(C)nn2)CCC1CCCl. The highest BCUT2D eigenvalue weighted by Crippen LogP contribution is 2.26. The van der Waals surface area contributed by atoms with Crippen LogP contribution in [-0.2, 0) is 4.74 Å². The van der Waals surface area contributed by atoms with E-state index in [-0.39, 0.29) is 6.10 Å². The largest absolute Gasteiger partial charge is 0.379 e. The topological polar surface area (TPSA) is 38.2 Å². The van der Waals surface area contributed by atoms with E-state index in [0.29, 0.717) is 11.8 Å². The van der Waals surface area contributed by atoms with Crippen molar-refractivity contribution in [3.05, 3.63) is 17.8 Å². The number of anilines is 1. The molecule has 18 heavy (non-hydrogen) atoms. The van der Waals surface area contributed by atoms with E-state index in [4.69, 9.17) is 16.3 Å². The standard InChI is InChI=1S/C13H20ClN3O/c1-10-3-4-13(16-15-10)17-8-6-11(5-7-14)12(9-17)18-2/h3-4,11-12H,5-9H2,1-2H3. The van der Waals surface area contributed by atoms with Gasteiger partial charge in [-0.15, -0.1) is 16.7 Å². The van der Waals surface area contributed by atoms with Crippen LogP contribution in [0.4, 0.5) is 5.82 Å². The maximum Gasteiger partial charge on any atom is 0.151 e. The molecule has 0 radical (unpaired) electrons. The van der Waals surface area contributed by atoms with E-state index in [0.717, 1.165) is 37.4 Å². The van der Waals surface area contributed by atoms with Crippen molar-refractivity contribution in [3.8, 4) is 0 Å². The van der Waals surface area contributed by atoms with Gasteiger partial charge in [0.2, 0.25) is 0 Å². The van der Waals surface area contributed by atoms with Gasteiger partial charge in [0.05, 0.1) is 11.8 Å². The van der Waals surface area contributed by atoms with E-state index in [1.807, 2.05) is 19.1 Å². The molecular weight excluding hydrogens is 250 g/mol. The number of hydrogen-bond acceptors (Lipinski definition) is 4. The van der Waals surface area contributed by atoms with Gasteiger partial charge in [-0.3, -0.25) is 0 Å². The molecule has 100 valence electrons. The molecule has 4 nitrogen and oxygen atoms in total. The van der Waals surface area contributed by atoms with Crippen molar-refractivity contribution in [2.24, 2.45) is 5.92 Å². The maximum atomic E-state index is 5.84. The first kappa shape index (κ1) is 13.6. The van der Waals surface area contributed by atoms with Crippen molar-refractivity contribution in [3.63, 3.8) is 0 Å². The van der Waals surface area contributed by atoms with Gasteiger partial charge in [-0.05, 0) is 37.8 Å². The Hall–Kier alpha value is -0.870. The van der Waals surface area contributed by atoms with Crippen LogP contribution in [0, 0.1) is 12.8 Å². The molecule has 1 aliphatic heterocycles. The fourth-order valence-electron chi connectivity index (χ4n) is 2.47. The average molecular weight is 270 g/mol. The predicted octanol–water partition coefficient (Wildman–Crippen LogP) is 2.26. The molecule has 2 atom stereocenters. The van der Waals surface area contributed by atoms with Crippen LogP contribution in [0.3, 0.4) is 0 Å². The van der Waals surface area contributed by atoms with E-state index in [9.17, 15) is 0 Å². The zero-order valence-electron chi connectivity index (χ0n) is 11.0. The molecule has 0 spiro atoms. The summed E-state index contributed by atoms with van der Waals surface area (Å²) in [4.78, 5) is 2.24. The molecule has 1 saturated heterocycles. The first-order valence-corrected chi connectivity index (χ1v) is 6.92. The van der Waals surface area contributed by atoms with E-state index < -0.39 is 0 Å². The van der Waals surface area contributed by atoms with Crippen LogP contribution in [-0.4, -0.2) is 42.4 Å². The number of aryl methyl sites for hydroxylation is 1. The quantitative estimate of drug-likeness (QED) is 0.786. The number of halogens is 1.